The Morgan fingerprint density at radius 3 is 2.79 bits per heavy atom. The number of fused-ring (bicyclic) bond motifs is 1. The summed E-state index contributed by atoms with van der Waals surface area (Å²) in [6, 6.07) is 8.27. The molecule has 0 aliphatic rings. The van der Waals surface area contributed by atoms with Gasteiger partial charge in [-0.3, -0.25) is 0 Å². The molecular formula is C11H11BrN2. The zero-order valence-corrected chi connectivity index (χ0v) is 9.75. The number of benzene rings is 1. The van der Waals surface area contributed by atoms with Gasteiger partial charge in [-0.05, 0) is 28.1 Å². The van der Waals surface area contributed by atoms with E-state index in [9.17, 15) is 0 Å². The quantitative estimate of drug-likeness (QED) is 0.724. The summed E-state index contributed by atoms with van der Waals surface area (Å²) < 4.78 is 0.874. The van der Waals surface area contributed by atoms with Crippen molar-refractivity contribution in [3.05, 3.63) is 35.1 Å². The first kappa shape index (κ1) is 9.46. The van der Waals surface area contributed by atoms with Crippen LogP contribution < -0.4 is 4.90 Å². The highest BCUT2D eigenvalue weighted by Gasteiger charge is 2.02. The molecule has 72 valence electrons. The number of hydrogen-bond donors (Lipinski definition) is 0. The first-order valence-corrected chi connectivity index (χ1v) is 5.19. The van der Waals surface area contributed by atoms with Crippen LogP contribution in [0.5, 0.6) is 0 Å². The predicted octanol–water partition coefficient (Wildman–Crippen LogP) is 3.06. The molecule has 0 saturated carbocycles. The molecule has 0 saturated heterocycles. The van der Waals surface area contributed by atoms with Gasteiger partial charge in [0.2, 0.25) is 0 Å². The zero-order valence-electron chi connectivity index (χ0n) is 8.16. The Bertz CT molecular complexity index is 466. The van der Waals surface area contributed by atoms with Gasteiger partial charge in [0.15, 0.2) is 0 Å². The average Bonchev–Trinajstić information content (AvgIpc) is 2.16. The van der Waals surface area contributed by atoms with Gasteiger partial charge in [0.25, 0.3) is 0 Å². The lowest BCUT2D eigenvalue weighted by Gasteiger charge is -2.15. The number of pyridine rings is 1. The molecule has 2 rings (SSSR count). The first-order chi connectivity index (χ1) is 6.68. The van der Waals surface area contributed by atoms with Gasteiger partial charge in [-0.1, -0.05) is 12.1 Å². The molecule has 0 amide bonds. The molecule has 2 aromatic rings. The summed E-state index contributed by atoms with van der Waals surface area (Å²) in [6.45, 7) is 0. The van der Waals surface area contributed by atoms with Crippen molar-refractivity contribution in [3.63, 3.8) is 0 Å². The second-order valence-corrected chi connectivity index (χ2v) is 4.21. The van der Waals surface area contributed by atoms with Crippen LogP contribution in [0.4, 0.5) is 5.69 Å². The second kappa shape index (κ2) is 3.58. The lowest BCUT2D eigenvalue weighted by Crippen LogP contribution is -2.08. The summed E-state index contributed by atoms with van der Waals surface area (Å²) in [5, 5.41) is 2.39. The molecule has 1 aromatic heterocycles. The molecule has 1 aromatic carbocycles. The Labute approximate surface area is 91.7 Å². The van der Waals surface area contributed by atoms with Crippen molar-refractivity contribution in [1.82, 2.24) is 4.98 Å². The average molecular weight is 251 g/mol. The maximum atomic E-state index is 4.21. The zero-order chi connectivity index (χ0) is 10.1. The lowest BCUT2D eigenvalue weighted by atomic mass is 10.1. The molecule has 0 bridgehead atoms. The first-order valence-electron chi connectivity index (χ1n) is 4.40. The van der Waals surface area contributed by atoms with Gasteiger partial charge in [-0.25, -0.2) is 4.98 Å². The molecule has 14 heavy (non-hydrogen) atoms. The summed E-state index contributed by atoms with van der Waals surface area (Å²) >= 11 is 3.39. The van der Waals surface area contributed by atoms with Crippen molar-refractivity contribution in [2.75, 3.05) is 19.0 Å². The van der Waals surface area contributed by atoms with Crippen LogP contribution in [-0.4, -0.2) is 19.1 Å². The number of rotatable bonds is 1. The number of hydrogen-bond acceptors (Lipinski definition) is 2. The van der Waals surface area contributed by atoms with Crippen LogP contribution in [0.2, 0.25) is 0 Å². The van der Waals surface area contributed by atoms with E-state index in [-0.39, 0.29) is 0 Å². The fourth-order valence-electron chi connectivity index (χ4n) is 1.52. The lowest BCUT2D eigenvalue weighted by molar-refractivity contribution is 1.14. The Kier molecular flexibility index (Phi) is 2.42. The van der Waals surface area contributed by atoms with Crippen molar-refractivity contribution in [1.29, 1.82) is 0 Å². The van der Waals surface area contributed by atoms with Gasteiger partial charge in [0.05, 0.1) is 0 Å². The van der Waals surface area contributed by atoms with Gasteiger partial charge in [-0.15, -0.1) is 0 Å². The van der Waals surface area contributed by atoms with Crippen LogP contribution in [0.25, 0.3) is 10.8 Å². The Morgan fingerprint density at radius 2 is 2.07 bits per heavy atom. The highest BCUT2D eigenvalue weighted by atomic mass is 79.9. The third kappa shape index (κ3) is 1.60. The molecule has 2 nitrogen and oxygen atoms in total. The van der Waals surface area contributed by atoms with Gasteiger partial charge >= 0.3 is 0 Å². The largest absolute Gasteiger partial charge is 0.377 e. The van der Waals surface area contributed by atoms with Crippen molar-refractivity contribution in [3.8, 4) is 0 Å². The van der Waals surface area contributed by atoms with Crippen LogP contribution in [0.1, 0.15) is 0 Å². The van der Waals surface area contributed by atoms with E-state index >= 15 is 0 Å². The van der Waals surface area contributed by atoms with E-state index in [1.54, 1.807) is 0 Å². The Balaban J connectivity index is 2.77. The third-order valence-corrected chi connectivity index (χ3v) is 2.62. The minimum absolute atomic E-state index is 0.874. The van der Waals surface area contributed by atoms with Crippen molar-refractivity contribution < 1.29 is 0 Å². The van der Waals surface area contributed by atoms with E-state index in [1.165, 1.54) is 16.5 Å². The van der Waals surface area contributed by atoms with Gasteiger partial charge in [0, 0.05) is 36.8 Å². The molecule has 0 fully saturated rings. The van der Waals surface area contributed by atoms with Crippen LogP contribution >= 0.6 is 15.9 Å². The van der Waals surface area contributed by atoms with Gasteiger partial charge in [-0.2, -0.15) is 0 Å². The topological polar surface area (TPSA) is 16.1 Å². The van der Waals surface area contributed by atoms with Crippen LogP contribution in [-0.2, 0) is 0 Å². The standard InChI is InChI=1S/C11H11BrN2/c1-14(2)10-5-3-4-8-7-13-11(12)6-9(8)10/h3-7H,1-2H3. The molecule has 0 spiro atoms. The van der Waals surface area contributed by atoms with E-state index < -0.39 is 0 Å². The highest BCUT2D eigenvalue weighted by Crippen LogP contribution is 2.26. The number of halogens is 1. The van der Waals surface area contributed by atoms with Crippen molar-refractivity contribution in [2.45, 2.75) is 0 Å². The molecule has 0 unspecified atom stereocenters. The minimum atomic E-state index is 0.874. The normalized spacial score (nSPS) is 10.5. The maximum Gasteiger partial charge on any atom is 0.106 e. The summed E-state index contributed by atoms with van der Waals surface area (Å²) in [6.07, 6.45) is 1.88. The summed E-state index contributed by atoms with van der Waals surface area (Å²) in [5.41, 5.74) is 1.21. The van der Waals surface area contributed by atoms with Crippen LogP contribution in [0.3, 0.4) is 0 Å². The molecule has 1 heterocycles. The Morgan fingerprint density at radius 1 is 1.29 bits per heavy atom. The number of aromatic nitrogens is 1. The fourth-order valence-corrected chi connectivity index (χ4v) is 1.85. The highest BCUT2D eigenvalue weighted by molar-refractivity contribution is 9.10. The van der Waals surface area contributed by atoms with Gasteiger partial charge < -0.3 is 4.90 Å². The smallest absolute Gasteiger partial charge is 0.106 e. The number of anilines is 1. The van der Waals surface area contributed by atoms with Crippen molar-refractivity contribution >= 4 is 32.4 Å². The minimum Gasteiger partial charge on any atom is -0.377 e. The van der Waals surface area contributed by atoms with Crippen LogP contribution in [0.15, 0.2) is 35.1 Å². The molecule has 0 atom stereocenters. The number of nitrogens with zero attached hydrogens (tertiary/aromatic N) is 2. The van der Waals surface area contributed by atoms with E-state index in [1.807, 2.05) is 32.4 Å². The van der Waals surface area contributed by atoms with Gasteiger partial charge in [0.1, 0.15) is 4.60 Å². The maximum absolute atomic E-state index is 4.21. The predicted molar refractivity (Wildman–Crippen MR) is 63.8 cm³/mol. The molecule has 0 aliphatic carbocycles. The summed E-state index contributed by atoms with van der Waals surface area (Å²) in [4.78, 5) is 6.31. The van der Waals surface area contributed by atoms with E-state index in [0.717, 1.165) is 4.60 Å². The monoisotopic (exact) mass is 250 g/mol. The van der Waals surface area contributed by atoms with E-state index in [4.69, 9.17) is 0 Å². The molecular weight excluding hydrogens is 240 g/mol. The van der Waals surface area contributed by atoms with Crippen LogP contribution in [0, 0.1) is 0 Å². The molecule has 0 aliphatic heterocycles. The fraction of sp³-hybridized carbons (Fsp3) is 0.182. The second-order valence-electron chi connectivity index (χ2n) is 3.40. The van der Waals surface area contributed by atoms with Crippen molar-refractivity contribution in [2.24, 2.45) is 0 Å². The molecule has 0 N–H and O–H groups in total. The van der Waals surface area contributed by atoms with E-state index in [0.29, 0.717) is 0 Å². The third-order valence-electron chi connectivity index (χ3n) is 2.19. The van der Waals surface area contributed by atoms with E-state index in [2.05, 4.69) is 37.9 Å². The Hall–Kier alpha value is -1.09. The summed E-state index contributed by atoms with van der Waals surface area (Å²) in [5.74, 6) is 0. The SMILES string of the molecule is CN(C)c1cccc2cnc(Br)cc12. The summed E-state index contributed by atoms with van der Waals surface area (Å²) in [7, 11) is 4.09. The molecule has 0 radical (unpaired) electrons. The molecule has 3 heteroatoms.